The first-order valence-electron chi connectivity index (χ1n) is 2.76. The highest BCUT2D eigenvalue weighted by molar-refractivity contribution is 5.81. The van der Waals surface area contributed by atoms with Crippen LogP contribution in [0.15, 0.2) is 24.3 Å². The molecule has 0 aromatic carbocycles. The smallest absolute Gasteiger partial charge is 0.328 e. The summed E-state index contributed by atoms with van der Waals surface area (Å²) in [6.45, 7) is 5.34. The molecular formula is C7H10O2. The largest absolute Gasteiger partial charge is 0.478 e. The molecule has 0 heterocycles. The molecule has 50 valence electrons. The molecule has 1 N–H and O–H groups in total. The normalized spacial score (nSPS) is 11.0. The summed E-state index contributed by atoms with van der Waals surface area (Å²) in [5.74, 6) is -0.910. The summed E-state index contributed by atoms with van der Waals surface area (Å²) < 4.78 is 0. The van der Waals surface area contributed by atoms with E-state index in [2.05, 4.69) is 6.58 Å². The van der Waals surface area contributed by atoms with E-state index in [0.29, 0.717) is 0 Å². The summed E-state index contributed by atoms with van der Waals surface area (Å²) in [6.07, 6.45) is 3.43. The lowest BCUT2D eigenvalue weighted by Gasteiger charge is -1.90. The number of allylic oxidation sites excluding steroid dienone is 2. The van der Waals surface area contributed by atoms with E-state index in [1.165, 1.54) is 0 Å². The van der Waals surface area contributed by atoms with Crippen molar-refractivity contribution in [2.24, 2.45) is 0 Å². The van der Waals surface area contributed by atoms with Crippen LogP contribution in [0.25, 0.3) is 0 Å². The summed E-state index contributed by atoms with van der Waals surface area (Å²) in [6, 6.07) is 0. The van der Waals surface area contributed by atoms with Gasteiger partial charge in [-0.15, -0.1) is 0 Å². The molecule has 0 saturated carbocycles. The Morgan fingerprint density at radius 2 is 2.33 bits per heavy atom. The fourth-order valence-corrected chi connectivity index (χ4v) is 0.464. The van der Waals surface area contributed by atoms with Gasteiger partial charge in [0.15, 0.2) is 0 Å². The van der Waals surface area contributed by atoms with Gasteiger partial charge in [-0.05, 0) is 12.0 Å². The van der Waals surface area contributed by atoms with Gasteiger partial charge >= 0.3 is 5.97 Å². The van der Waals surface area contributed by atoms with E-state index < -0.39 is 5.97 Å². The minimum Gasteiger partial charge on any atom is -0.478 e. The molecule has 0 atom stereocenters. The lowest BCUT2D eigenvalue weighted by atomic mass is 10.2. The molecule has 0 aromatic rings. The molecule has 0 saturated heterocycles. The second kappa shape index (κ2) is 3.89. The predicted octanol–water partition coefficient (Wildman–Crippen LogP) is 1.59. The van der Waals surface area contributed by atoms with Crippen LogP contribution in [0.1, 0.15) is 13.3 Å². The summed E-state index contributed by atoms with van der Waals surface area (Å²) >= 11 is 0. The highest BCUT2D eigenvalue weighted by Gasteiger charge is 1.90. The topological polar surface area (TPSA) is 37.3 Å². The lowest BCUT2D eigenvalue weighted by molar-refractivity contribution is -0.131. The van der Waals surface area contributed by atoms with Crippen molar-refractivity contribution >= 4 is 5.97 Å². The van der Waals surface area contributed by atoms with Gasteiger partial charge in [0.05, 0.1) is 0 Å². The molecule has 9 heavy (non-hydrogen) atoms. The Morgan fingerprint density at radius 1 is 1.78 bits per heavy atom. The molecule has 0 aliphatic carbocycles. The molecule has 0 unspecified atom stereocenters. The molecule has 0 spiro atoms. The van der Waals surface area contributed by atoms with E-state index in [1.807, 2.05) is 6.92 Å². The van der Waals surface area contributed by atoms with Crippen LogP contribution < -0.4 is 0 Å². The van der Waals surface area contributed by atoms with E-state index in [4.69, 9.17) is 5.11 Å². The molecule has 0 rings (SSSR count). The third-order valence-electron chi connectivity index (χ3n) is 0.979. The van der Waals surface area contributed by atoms with Gasteiger partial charge in [0.1, 0.15) is 0 Å². The van der Waals surface area contributed by atoms with E-state index in [0.717, 1.165) is 18.1 Å². The number of carboxylic acids is 1. The predicted molar refractivity (Wildman–Crippen MR) is 36.2 cm³/mol. The van der Waals surface area contributed by atoms with Gasteiger partial charge in [-0.1, -0.05) is 19.6 Å². The maximum Gasteiger partial charge on any atom is 0.328 e. The van der Waals surface area contributed by atoms with Gasteiger partial charge in [-0.25, -0.2) is 4.79 Å². The average molecular weight is 126 g/mol. The second-order valence-electron chi connectivity index (χ2n) is 1.62. The molecule has 2 heteroatoms. The van der Waals surface area contributed by atoms with E-state index in [-0.39, 0.29) is 0 Å². The first-order valence-corrected chi connectivity index (χ1v) is 2.76. The van der Waals surface area contributed by atoms with Crippen molar-refractivity contribution in [3.63, 3.8) is 0 Å². The monoisotopic (exact) mass is 126 g/mol. The molecule has 0 aliphatic rings. The number of carbonyl (C=O) groups is 1. The summed E-state index contributed by atoms with van der Waals surface area (Å²) in [5, 5.41) is 8.22. The molecule has 0 aliphatic heterocycles. The Kier molecular flexibility index (Phi) is 3.44. The minimum atomic E-state index is -0.910. The Bertz CT molecular complexity index is 145. The van der Waals surface area contributed by atoms with Crippen molar-refractivity contribution in [1.82, 2.24) is 0 Å². The molecule has 0 fully saturated rings. The van der Waals surface area contributed by atoms with Crippen molar-refractivity contribution in [2.75, 3.05) is 0 Å². The SMILES string of the molecule is C=C/C(=C/C(=O)O)CC. The van der Waals surface area contributed by atoms with Gasteiger partial charge in [-0.2, -0.15) is 0 Å². The first-order chi connectivity index (χ1) is 4.20. The van der Waals surface area contributed by atoms with Crippen LogP contribution in [0.3, 0.4) is 0 Å². The first kappa shape index (κ1) is 7.95. The Hall–Kier alpha value is -1.05. The zero-order valence-corrected chi connectivity index (χ0v) is 5.42. The minimum absolute atomic E-state index is 0.718. The van der Waals surface area contributed by atoms with Crippen LogP contribution in [0, 0.1) is 0 Å². The standard InChI is InChI=1S/C7H10O2/c1-3-6(4-2)5-7(8)9/h3,5H,1,4H2,2H3,(H,8,9)/b6-5-. The Labute approximate surface area is 54.5 Å². The zero-order valence-electron chi connectivity index (χ0n) is 5.42. The maximum atomic E-state index is 10.0. The van der Waals surface area contributed by atoms with E-state index in [9.17, 15) is 4.79 Å². The Morgan fingerprint density at radius 3 is 2.44 bits per heavy atom. The average Bonchev–Trinajstić information content (AvgIpc) is 1.82. The fourth-order valence-electron chi connectivity index (χ4n) is 0.464. The van der Waals surface area contributed by atoms with Crippen LogP contribution in [0.5, 0.6) is 0 Å². The van der Waals surface area contributed by atoms with Crippen molar-refractivity contribution in [3.05, 3.63) is 24.3 Å². The highest BCUT2D eigenvalue weighted by atomic mass is 16.4. The molecule has 0 amide bonds. The van der Waals surface area contributed by atoms with Crippen molar-refractivity contribution in [1.29, 1.82) is 0 Å². The number of aliphatic carboxylic acids is 1. The van der Waals surface area contributed by atoms with Gasteiger partial charge in [0, 0.05) is 6.08 Å². The third kappa shape index (κ3) is 3.53. The van der Waals surface area contributed by atoms with Crippen LogP contribution in [0.4, 0.5) is 0 Å². The van der Waals surface area contributed by atoms with Crippen LogP contribution in [0.2, 0.25) is 0 Å². The van der Waals surface area contributed by atoms with Gasteiger partial charge in [0.25, 0.3) is 0 Å². The quantitative estimate of drug-likeness (QED) is 0.460. The van der Waals surface area contributed by atoms with Crippen LogP contribution in [-0.2, 0) is 4.79 Å². The maximum absolute atomic E-state index is 10.0. The zero-order chi connectivity index (χ0) is 7.28. The summed E-state index contributed by atoms with van der Waals surface area (Å²) in [7, 11) is 0. The van der Waals surface area contributed by atoms with E-state index >= 15 is 0 Å². The molecule has 2 nitrogen and oxygen atoms in total. The Balaban J connectivity index is 4.07. The molecule has 0 bridgehead atoms. The van der Waals surface area contributed by atoms with E-state index in [1.54, 1.807) is 6.08 Å². The fraction of sp³-hybridized carbons (Fsp3) is 0.286. The molecule has 0 radical (unpaired) electrons. The third-order valence-corrected chi connectivity index (χ3v) is 0.979. The lowest BCUT2D eigenvalue weighted by Crippen LogP contribution is -1.89. The molecular weight excluding hydrogens is 116 g/mol. The van der Waals surface area contributed by atoms with Gasteiger partial charge in [-0.3, -0.25) is 0 Å². The highest BCUT2D eigenvalue weighted by Crippen LogP contribution is 1.99. The van der Waals surface area contributed by atoms with Crippen LogP contribution in [-0.4, -0.2) is 11.1 Å². The number of rotatable bonds is 3. The van der Waals surface area contributed by atoms with Crippen molar-refractivity contribution < 1.29 is 9.90 Å². The second-order valence-corrected chi connectivity index (χ2v) is 1.62. The summed E-state index contributed by atoms with van der Waals surface area (Å²) in [4.78, 5) is 10.0. The van der Waals surface area contributed by atoms with Crippen LogP contribution >= 0.6 is 0 Å². The van der Waals surface area contributed by atoms with Crippen molar-refractivity contribution in [3.8, 4) is 0 Å². The number of hydrogen-bond acceptors (Lipinski definition) is 1. The summed E-state index contributed by atoms with van der Waals surface area (Å²) in [5.41, 5.74) is 0.752. The van der Waals surface area contributed by atoms with Gasteiger partial charge < -0.3 is 5.11 Å². The number of carboxylic acid groups (broad SMARTS) is 1. The van der Waals surface area contributed by atoms with Crippen molar-refractivity contribution in [2.45, 2.75) is 13.3 Å². The number of hydrogen-bond donors (Lipinski definition) is 1. The molecule has 0 aromatic heterocycles. The van der Waals surface area contributed by atoms with Gasteiger partial charge in [0.2, 0.25) is 0 Å².